The third-order valence-corrected chi connectivity index (χ3v) is 6.20. The largest absolute Gasteiger partial charge is 0.478 e. The van der Waals surface area contributed by atoms with Crippen LogP contribution in [0.15, 0.2) is 43.1 Å². The normalized spacial score (nSPS) is 15.6. The second-order valence-corrected chi connectivity index (χ2v) is 8.52. The number of aromatic nitrogens is 5. The predicted molar refractivity (Wildman–Crippen MR) is 126 cm³/mol. The highest BCUT2D eigenvalue weighted by atomic mass is 19.1. The minimum absolute atomic E-state index is 0.0114. The van der Waals surface area contributed by atoms with Crippen LogP contribution in [0.3, 0.4) is 0 Å². The van der Waals surface area contributed by atoms with Crippen LogP contribution in [0.25, 0.3) is 11.0 Å². The van der Waals surface area contributed by atoms with Gasteiger partial charge in [0.05, 0.1) is 16.6 Å². The number of hydrogen-bond acceptors (Lipinski definition) is 7. The van der Waals surface area contributed by atoms with E-state index < -0.39 is 17.6 Å². The molecule has 5 rings (SSSR count). The van der Waals surface area contributed by atoms with Gasteiger partial charge >= 0.3 is 5.97 Å². The lowest BCUT2D eigenvalue weighted by molar-refractivity contribution is 0.0696. The summed E-state index contributed by atoms with van der Waals surface area (Å²) in [5.41, 5.74) is 1.28. The third-order valence-electron chi connectivity index (χ3n) is 6.20. The minimum atomic E-state index is -1.24. The number of carbonyl (C=O) groups is 1. The number of anilines is 3. The Morgan fingerprint density at radius 1 is 1.17 bits per heavy atom. The van der Waals surface area contributed by atoms with Crippen molar-refractivity contribution in [2.45, 2.75) is 26.3 Å². The second-order valence-electron chi connectivity index (χ2n) is 8.52. The number of nitrogens with one attached hydrogen (secondary N) is 1. The van der Waals surface area contributed by atoms with Gasteiger partial charge in [-0.3, -0.25) is 0 Å². The molecule has 4 heterocycles. The minimum Gasteiger partial charge on any atom is -0.478 e. The van der Waals surface area contributed by atoms with E-state index in [1.54, 1.807) is 4.57 Å². The fraction of sp³-hybridized carbons (Fsp3) is 0.292. The molecular formula is C24H23F2N7O2. The first-order valence-electron chi connectivity index (χ1n) is 11.3. The van der Waals surface area contributed by atoms with Gasteiger partial charge < -0.3 is 19.9 Å². The molecule has 1 saturated heterocycles. The lowest BCUT2D eigenvalue weighted by Gasteiger charge is -2.17. The van der Waals surface area contributed by atoms with E-state index in [-0.39, 0.29) is 28.4 Å². The number of hydrogen-bond donors (Lipinski definition) is 2. The summed E-state index contributed by atoms with van der Waals surface area (Å²) in [5, 5.41) is 11.9. The monoisotopic (exact) mass is 479 g/mol. The number of fused-ring (bicyclic) bond motifs is 1. The number of carboxylic acid groups (broad SMARTS) is 1. The van der Waals surface area contributed by atoms with Crippen molar-refractivity contribution in [2.24, 2.45) is 5.92 Å². The van der Waals surface area contributed by atoms with Crippen molar-refractivity contribution in [1.82, 2.24) is 24.5 Å². The summed E-state index contributed by atoms with van der Waals surface area (Å²) in [6.07, 6.45) is 8.13. The lowest BCUT2D eigenvalue weighted by atomic mass is 10.1. The summed E-state index contributed by atoms with van der Waals surface area (Å²) in [6, 6.07) is 3.44. The van der Waals surface area contributed by atoms with Crippen LogP contribution < -0.4 is 10.2 Å². The van der Waals surface area contributed by atoms with Crippen LogP contribution in [0.2, 0.25) is 0 Å². The molecule has 0 amide bonds. The maximum atomic E-state index is 15.0. The second kappa shape index (κ2) is 9.24. The van der Waals surface area contributed by atoms with Crippen LogP contribution in [0.4, 0.5) is 26.2 Å². The molecule has 2 N–H and O–H groups in total. The molecule has 0 spiro atoms. The maximum absolute atomic E-state index is 15.0. The number of carboxylic acids is 1. The Morgan fingerprint density at radius 3 is 2.69 bits per heavy atom. The van der Waals surface area contributed by atoms with Crippen LogP contribution in [0.5, 0.6) is 0 Å². The van der Waals surface area contributed by atoms with Crippen LogP contribution in [-0.4, -0.2) is 48.7 Å². The smallest absolute Gasteiger partial charge is 0.335 e. The van der Waals surface area contributed by atoms with E-state index in [1.165, 1.54) is 24.7 Å². The van der Waals surface area contributed by atoms with Gasteiger partial charge in [0.25, 0.3) is 0 Å². The van der Waals surface area contributed by atoms with Crippen LogP contribution >= 0.6 is 0 Å². The van der Waals surface area contributed by atoms with Gasteiger partial charge in [-0.1, -0.05) is 6.92 Å². The van der Waals surface area contributed by atoms with E-state index in [0.717, 1.165) is 37.6 Å². The number of aromatic carboxylic acids is 1. The molecule has 4 aromatic rings. The van der Waals surface area contributed by atoms with E-state index in [4.69, 9.17) is 5.11 Å². The third kappa shape index (κ3) is 4.48. The molecule has 3 aromatic heterocycles. The number of rotatable bonds is 7. The van der Waals surface area contributed by atoms with E-state index in [2.05, 4.69) is 37.1 Å². The number of nitrogens with zero attached hydrogens (tertiary/aromatic N) is 6. The van der Waals surface area contributed by atoms with Gasteiger partial charge in [-0.15, -0.1) is 0 Å². The molecule has 1 aromatic carbocycles. The first-order valence-corrected chi connectivity index (χ1v) is 11.3. The van der Waals surface area contributed by atoms with Crippen molar-refractivity contribution in [3.63, 3.8) is 0 Å². The summed E-state index contributed by atoms with van der Waals surface area (Å²) in [6.45, 7) is 4.15. The summed E-state index contributed by atoms with van der Waals surface area (Å²) < 4.78 is 31.1. The fourth-order valence-corrected chi connectivity index (χ4v) is 4.32. The molecule has 0 unspecified atom stereocenters. The Kier molecular flexibility index (Phi) is 5.98. The first kappa shape index (κ1) is 22.6. The number of aryl methyl sites for hydroxylation is 1. The zero-order valence-electron chi connectivity index (χ0n) is 18.9. The Hall–Kier alpha value is -4.15. The fourth-order valence-electron chi connectivity index (χ4n) is 4.32. The van der Waals surface area contributed by atoms with Gasteiger partial charge in [0, 0.05) is 38.2 Å². The Morgan fingerprint density at radius 2 is 1.97 bits per heavy atom. The van der Waals surface area contributed by atoms with Crippen molar-refractivity contribution in [1.29, 1.82) is 0 Å². The highest BCUT2D eigenvalue weighted by molar-refractivity contribution is 5.91. The summed E-state index contributed by atoms with van der Waals surface area (Å²) >= 11 is 0. The highest BCUT2D eigenvalue weighted by Gasteiger charge is 2.26. The van der Waals surface area contributed by atoms with Gasteiger partial charge in [-0.25, -0.2) is 33.5 Å². The molecule has 0 bridgehead atoms. The zero-order valence-corrected chi connectivity index (χ0v) is 18.9. The SMILES string of the molecule is CCc1cnc(N2CC[C@H](Cn3cc(F)c4c(Nc5ccc(C(=O)O)cc5F)ncnc43)C2)nc1. The molecule has 0 radical (unpaired) electrons. The predicted octanol–water partition coefficient (Wildman–Crippen LogP) is 4.03. The maximum Gasteiger partial charge on any atom is 0.335 e. The van der Waals surface area contributed by atoms with Crippen molar-refractivity contribution in [3.05, 3.63) is 65.9 Å². The molecule has 11 heteroatoms. The summed E-state index contributed by atoms with van der Waals surface area (Å²) in [5.74, 6) is -1.51. The van der Waals surface area contributed by atoms with Crippen molar-refractivity contribution >= 4 is 34.5 Å². The quantitative estimate of drug-likeness (QED) is 0.409. The number of halogens is 2. The van der Waals surface area contributed by atoms with E-state index in [1.807, 2.05) is 12.4 Å². The zero-order chi connectivity index (χ0) is 24.5. The topological polar surface area (TPSA) is 109 Å². The highest BCUT2D eigenvalue weighted by Crippen LogP contribution is 2.30. The molecule has 1 aliphatic heterocycles. The molecule has 0 saturated carbocycles. The van der Waals surface area contributed by atoms with Gasteiger partial charge in [0.1, 0.15) is 23.6 Å². The van der Waals surface area contributed by atoms with E-state index >= 15 is 0 Å². The van der Waals surface area contributed by atoms with Crippen LogP contribution in [-0.2, 0) is 13.0 Å². The van der Waals surface area contributed by atoms with Gasteiger partial charge in [-0.05, 0) is 42.5 Å². The average molecular weight is 479 g/mol. The van der Waals surface area contributed by atoms with E-state index in [0.29, 0.717) is 18.1 Å². The van der Waals surface area contributed by atoms with Gasteiger partial charge in [0.15, 0.2) is 5.82 Å². The Balaban J connectivity index is 1.35. The first-order chi connectivity index (χ1) is 16.9. The lowest BCUT2D eigenvalue weighted by Crippen LogP contribution is -2.23. The Labute approximate surface area is 199 Å². The molecule has 1 fully saturated rings. The summed E-state index contributed by atoms with van der Waals surface area (Å²) in [7, 11) is 0. The molecule has 0 aliphatic carbocycles. The molecule has 180 valence electrons. The Bertz CT molecular complexity index is 1390. The van der Waals surface area contributed by atoms with Crippen molar-refractivity contribution in [3.8, 4) is 0 Å². The molecule has 9 nitrogen and oxygen atoms in total. The standard InChI is InChI=1S/C24H23F2N7O2/c1-2-14-8-27-24(28-9-14)32-6-5-15(10-32)11-33-12-18(26)20-21(29-13-30-22(20)33)31-19-4-3-16(23(34)35)7-17(19)25/h3-4,7-9,12-13,15H,2,5-6,10-11H2,1H3,(H,34,35)(H,29,30,31)/t15-/m0/s1. The van der Waals surface area contributed by atoms with Gasteiger partial charge in [0.2, 0.25) is 5.95 Å². The van der Waals surface area contributed by atoms with Crippen LogP contribution in [0.1, 0.15) is 29.3 Å². The molecular weight excluding hydrogens is 456 g/mol. The average Bonchev–Trinajstić information content (AvgIpc) is 3.45. The molecule has 35 heavy (non-hydrogen) atoms. The summed E-state index contributed by atoms with van der Waals surface area (Å²) in [4.78, 5) is 30.4. The molecule has 1 aliphatic rings. The number of benzene rings is 1. The van der Waals surface area contributed by atoms with E-state index in [9.17, 15) is 13.6 Å². The van der Waals surface area contributed by atoms with Crippen molar-refractivity contribution in [2.75, 3.05) is 23.3 Å². The molecule has 1 atom stereocenters. The van der Waals surface area contributed by atoms with Crippen molar-refractivity contribution < 1.29 is 18.7 Å². The van der Waals surface area contributed by atoms with Gasteiger partial charge in [-0.2, -0.15) is 0 Å². The van der Waals surface area contributed by atoms with Crippen LogP contribution in [0, 0.1) is 17.6 Å².